The van der Waals surface area contributed by atoms with E-state index in [1.54, 1.807) is 12.1 Å². The molecule has 6 nitrogen and oxygen atoms in total. The summed E-state index contributed by atoms with van der Waals surface area (Å²) in [4.78, 5) is 26.0. The second-order valence-electron chi connectivity index (χ2n) is 6.29. The van der Waals surface area contributed by atoms with E-state index in [0.29, 0.717) is 11.3 Å². The third-order valence-corrected chi connectivity index (χ3v) is 4.27. The van der Waals surface area contributed by atoms with Gasteiger partial charge >= 0.3 is 5.97 Å². The molecule has 0 saturated carbocycles. The minimum Gasteiger partial charge on any atom is -0.508 e. The Balaban J connectivity index is 1.43. The molecule has 2 N–H and O–H groups in total. The second kappa shape index (κ2) is 8.38. The van der Waals surface area contributed by atoms with Crippen molar-refractivity contribution in [2.24, 2.45) is 0 Å². The van der Waals surface area contributed by atoms with Crippen LogP contribution in [0.15, 0.2) is 48.5 Å². The van der Waals surface area contributed by atoms with Crippen molar-refractivity contribution < 1.29 is 19.4 Å². The number of esters is 1. The van der Waals surface area contributed by atoms with Crippen LogP contribution >= 0.6 is 0 Å². The van der Waals surface area contributed by atoms with E-state index in [1.807, 2.05) is 24.3 Å². The largest absolute Gasteiger partial charge is 0.508 e. The van der Waals surface area contributed by atoms with Gasteiger partial charge in [0, 0.05) is 24.5 Å². The molecule has 1 heterocycles. The number of nitrogens with one attached hydrogen (secondary N) is 1. The van der Waals surface area contributed by atoms with Crippen molar-refractivity contribution in [2.45, 2.75) is 19.3 Å². The van der Waals surface area contributed by atoms with E-state index < -0.39 is 5.97 Å². The Morgan fingerprint density at radius 3 is 2.31 bits per heavy atom. The monoisotopic (exact) mass is 354 g/mol. The Bertz CT molecular complexity index is 750. The lowest BCUT2D eigenvalue weighted by atomic mass is 10.1. The molecular formula is C20H22N2O4. The van der Waals surface area contributed by atoms with Crippen LogP contribution in [0.4, 0.5) is 11.4 Å². The van der Waals surface area contributed by atoms with Gasteiger partial charge in [0.25, 0.3) is 5.91 Å². The minimum absolute atomic E-state index is 0.0537. The molecule has 1 amide bonds. The Hall–Kier alpha value is -3.02. The molecule has 2 aromatic carbocycles. The van der Waals surface area contributed by atoms with Crippen LogP contribution in [0.1, 0.15) is 18.4 Å². The Labute approximate surface area is 152 Å². The van der Waals surface area contributed by atoms with Crippen LogP contribution in [0.5, 0.6) is 5.75 Å². The maximum absolute atomic E-state index is 11.9. The fourth-order valence-corrected chi connectivity index (χ4v) is 2.91. The average molecular weight is 354 g/mol. The second-order valence-corrected chi connectivity index (χ2v) is 6.29. The van der Waals surface area contributed by atoms with Crippen LogP contribution in [0.25, 0.3) is 0 Å². The Kier molecular flexibility index (Phi) is 5.73. The highest BCUT2D eigenvalue weighted by molar-refractivity contribution is 5.93. The predicted octanol–water partition coefficient (Wildman–Crippen LogP) is 2.72. The van der Waals surface area contributed by atoms with Crippen molar-refractivity contribution in [3.05, 3.63) is 54.1 Å². The molecule has 1 saturated heterocycles. The van der Waals surface area contributed by atoms with Crippen molar-refractivity contribution in [2.75, 3.05) is 29.9 Å². The van der Waals surface area contributed by atoms with E-state index in [2.05, 4.69) is 10.2 Å². The first-order valence-electron chi connectivity index (χ1n) is 8.68. The van der Waals surface area contributed by atoms with Crippen LogP contribution < -0.4 is 10.2 Å². The molecule has 0 aliphatic carbocycles. The number of phenolic OH excluding ortho intramolecular Hbond substituents is 1. The number of benzene rings is 2. The third-order valence-electron chi connectivity index (χ3n) is 4.27. The molecule has 2 aromatic rings. The number of anilines is 2. The quantitative estimate of drug-likeness (QED) is 0.780. The van der Waals surface area contributed by atoms with Crippen molar-refractivity contribution in [1.29, 1.82) is 0 Å². The van der Waals surface area contributed by atoms with Crippen molar-refractivity contribution in [1.82, 2.24) is 0 Å². The molecule has 0 unspecified atom stereocenters. The lowest BCUT2D eigenvalue weighted by Gasteiger charge is -2.17. The summed E-state index contributed by atoms with van der Waals surface area (Å²) in [5, 5.41) is 11.9. The number of phenols is 1. The molecular weight excluding hydrogens is 332 g/mol. The van der Waals surface area contributed by atoms with Gasteiger partial charge in [0.1, 0.15) is 5.75 Å². The molecule has 1 aliphatic heterocycles. The summed E-state index contributed by atoms with van der Waals surface area (Å²) in [5.74, 6) is -0.731. The van der Waals surface area contributed by atoms with Gasteiger partial charge in [0.15, 0.2) is 6.61 Å². The predicted molar refractivity (Wildman–Crippen MR) is 99.3 cm³/mol. The first-order valence-corrected chi connectivity index (χ1v) is 8.68. The first kappa shape index (κ1) is 17.8. The molecule has 6 heteroatoms. The molecule has 26 heavy (non-hydrogen) atoms. The zero-order valence-corrected chi connectivity index (χ0v) is 14.5. The molecule has 1 aliphatic rings. The maximum atomic E-state index is 11.9. The highest BCUT2D eigenvalue weighted by atomic mass is 16.5. The molecule has 3 rings (SSSR count). The topological polar surface area (TPSA) is 78.9 Å². The molecule has 0 spiro atoms. The summed E-state index contributed by atoms with van der Waals surface area (Å²) >= 11 is 0. The summed E-state index contributed by atoms with van der Waals surface area (Å²) in [5.41, 5.74) is 2.54. The van der Waals surface area contributed by atoms with Crippen LogP contribution in [0.2, 0.25) is 0 Å². The van der Waals surface area contributed by atoms with Gasteiger partial charge in [-0.05, 0) is 54.8 Å². The Morgan fingerprint density at radius 2 is 1.65 bits per heavy atom. The molecule has 0 aromatic heterocycles. The van der Waals surface area contributed by atoms with Crippen LogP contribution in [-0.2, 0) is 20.7 Å². The van der Waals surface area contributed by atoms with Gasteiger partial charge in [-0.15, -0.1) is 0 Å². The van der Waals surface area contributed by atoms with E-state index in [0.717, 1.165) is 18.8 Å². The van der Waals surface area contributed by atoms with Gasteiger partial charge in [-0.1, -0.05) is 12.1 Å². The van der Waals surface area contributed by atoms with E-state index in [1.165, 1.54) is 25.0 Å². The van der Waals surface area contributed by atoms with Gasteiger partial charge in [0.2, 0.25) is 0 Å². The first-order chi connectivity index (χ1) is 12.6. The highest BCUT2D eigenvalue weighted by Gasteiger charge is 2.13. The van der Waals surface area contributed by atoms with Gasteiger partial charge in [-0.3, -0.25) is 9.59 Å². The lowest BCUT2D eigenvalue weighted by molar-refractivity contribution is -0.146. The fraction of sp³-hybridized carbons (Fsp3) is 0.300. The number of nitrogens with zero attached hydrogens (tertiary/aromatic N) is 1. The zero-order chi connectivity index (χ0) is 18.4. The lowest BCUT2D eigenvalue weighted by Crippen LogP contribution is -2.22. The molecule has 1 fully saturated rings. The number of carbonyl (C=O) groups excluding carboxylic acids is 2. The number of hydrogen-bond donors (Lipinski definition) is 2. The van der Waals surface area contributed by atoms with E-state index in [4.69, 9.17) is 4.74 Å². The average Bonchev–Trinajstić information content (AvgIpc) is 3.17. The van der Waals surface area contributed by atoms with Crippen molar-refractivity contribution >= 4 is 23.3 Å². The smallest absolute Gasteiger partial charge is 0.310 e. The van der Waals surface area contributed by atoms with Gasteiger partial charge in [-0.25, -0.2) is 0 Å². The standard InChI is InChI=1S/C20H22N2O4/c23-18-9-3-15(4-10-18)13-20(25)26-14-19(24)21-16-5-7-17(8-6-16)22-11-1-2-12-22/h3-10,23H,1-2,11-14H2,(H,21,24). The minimum atomic E-state index is -0.491. The molecule has 0 bridgehead atoms. The summed E-state index contributed by atoms with van der Waals surface area (Å²) in [7, 11) is 0. The molecule has 136 valence electrons. The number of ether oxygens (including phenoxy) is 1. The normalized spacial score (nSPS) is 13.5. The molecule has 0 atom stereocenters. The van der Waals surface area contributed by atoms with Gasteiger partial charge < -0.3 is 20.1 Å². The number of carbonyl (C=O) groups is 2. The Morgan fingerprint density at radius 1 is 1.00 bits per heavy atom. The van der Waals surface area contributed by atoms with Crippen LogP contribution in [-0.4, -0.2) is 36.7 Å². The van der Waals surface area contributed by atoms with Crippen molar-refractivity contribution in [3.63, 3.8) is 0 Å². The zero-order valence-electron chi connectivity index (χ0n) is 14.5. The summed E-state index contributed by atoms with van der Waals surface area (Å²) < 4.78 is 4.99. The van der Waals surface area contributed by atoms with Crippen LogP contribution in [0, 0.1) is 0 Å². The van der Waals surface area contributed by atoms with Crippen LogP contribution in [0.3, 0.4) is 0 Å². The maximum Gasteiger partial charge on any atom is 0.310 e. The number of aromatic hydroxyl groups is 1. The van der Waals surface area contributed by atoms with Crippen molar-refractivity contribution in [3.8, 4) is 5.75 Å². The summed E-state index contributed by atoms with van der Waals surface area (Å²) in [6.45, 7) is 1.82. The third kappa shape index (κ3) is 4.99. The SMILES string of the molecule is O=C(COC(=O)Cc1ccc(O)cc1)Nc1ccc(N2CCCC2)cc1. The van der Waals surface area contributed by atoms with Gasteiger partial charge in [0.05, 0.1) is 6.42 Å². The van der Waals surface area contributed by atoms with Gasteiger partial charge in [-0.2, -0.15) is 0 Å². The van der Waals surface area contributed by atoms with E-state index >= 15 is 0 Å². The molecule has 0 radical (unpaired) electrons. The van der Waals surface area contributed by atoms with E-state index in [-0.39, 0.29) is 24.7 Å². The number of rotatable bonds is 6. The highest BCUT2D eigenvalue weighted by Crippen LogP contribution is 2.22. The fourth-order valence-electron chi connectivity index (χ4n) is 2.91. The summed E-state index contributed by atoms with van der Waals surface area (Å²) in [6, 6.07) is 13.9. The summed E-state index contributed by atoms with van der Waals surface area (Å²) in [6.07, 6.45) is 2.49. The number of amides is 1. The van der Waals surface area contributed by atoms with E-state index in [9.17, 15) is 14.7 Å². The number of hydrogen-bond acceptors (Lipinski definition) is 5.